The summed E-state index contributed by atoms with van der Waals surface area (Å²) in [7, 11) is 2.11. The first-order valence-electron chi connectivity index (χ1n) is 25.3. The first kappa shape index (κ1) is 45.6. The van der Waals surface area contributed by atoms with Crippen molar-refractivity contribution in [2.75, 3.05) is 9.80 Å². The summed E-state index contributed by atoms with van der Waals surface area (Å²) >= 11 is 0. The van der Waals surface area contributed by atoms with E-state index in [1.807, 2.05) is 0 Å². The van der Waals surface area contributed by atoms with Crippen molar-refractivity contribution in [3.05, 3.63) is 180 Å². The lowest BCUT2D eigenvalue weighted by Crippen LogP contribution is -2.61. The molecular weight excluding hydrogens is 850 g/mol. The van der Waals surface area contributed by atoms with E-state index in [1.165, 1.54) is 67.0 Å². The lowest BCUT2D eigenvalue weighted by Gasteiger charge is -2.45. The molecule has 70 heavy (non-hydrogen) atoms. The van der Waals surface area contributed by atoms with Crippen molar-refractivity contribution in [1.29, 1.82) is 0 Å². The number of furan rings is 1. The van der Waals surface area contributed by atoms with Crippen LogP contribution in [0, 0.1) is 6.92 Å². The molecular formula is C65H67BN3O+. The normalized spacial score (nSPS) is 13.8. The molecule has 0 amide bonds. The zero-order valence-electron chi connectivity index (χ0n) is 43.8. The van der Waals surface area contributed by atoms with Crippen LogP contribution in [0.4, 0.5) is 34.1 Å². The van der Waals surface area contributed by atoms with Crippen molar-refractivity contribution in [1.82, 2.24) is 0 Å². The molecule has 0 atom stereocenters. The minimum Gasteiger partial charge on any atom is -0.454 e. The Morgan fingerprint density at radius 2 is 0.943 bits per heavy atom. The number of pyridine rings is 1. The summed E-state index contributed by atoms with van der Waals surface area (Å²) in [5.41, 5.74) is 23.7. The third-order valence-corrected chi connectivity index (χ3v) is 15.3. The Labute approximate surface area is 416 Å². The van der Waals surface area contributed by atoms with E-state index in [9.17, 15) is 0 Å². The molecule has 0 fully saturated rings. The Morgan fingerprint density at radius 3 is 1.43 bits per heavy atom. The van der Waals surface area contributed by atoms with Crippen LogP contribution in [0.1, 0.15) is 111 Å². The number of anilines is 6. The minimum atomic E-state index is -0.0473. The van der Waals surface area contributed by atoms with Crippen molar-refractivity contribution >= 4 is 79.2 Å². The van der Waals surface area contributed by atoms with E-state index >= 15 is 0 Å². The summed E-state index contributed by atoms with van der Waals surface area (Å²) in [6.45, 7) is 30.0. The molecule has 11 rings (SSSR count). The third kappa shape index (κ3) is 7.38. The number of aromatic nitrogens is 1. The maximum absolute atomic E-state index is 7.29. The summed E-state index contributed by atoms with van der Waals surface area (Å²) < 4.78 is 9.48. The molecule has 4 nitrogen and oxygen atoms in total. The fourth-order valence-corrected chi connectivity index (χ4v) is 11.2. The SMILES string of the molecule is Cc1ccc2c(oc3c(-c4cc5c6c(c4)N(c4ccc(C(C)(C)C)cc4)c4ccc(C(C)(C)C)cc4B6c4cc(C(C)(C)C)ccc4N5c4ccc(C(C)(C)C)cc4)cccc32)c1-c1cccc[n+]1C. The molecule has 4 heterocycles. The Balaban J connectivity index is 1.26. The molecule has 0 bridgehead atoms. The Bertz CT molecular complexity index is 3400. The van der Waals surface area contributed by atoms with Crippen LogP contribution in [0.5, 0.6) is 0 Å². The van der Waals surface area contributed by atoms with Gasteiger partial charge in [0.15, 0.2) is 6.20 Å². The Kier molecular flexibility index (Phi) is 10.3. The molecule has 7 aromatic carbocycles. The van der Waals surface area contributed by atoms with Gasteiger partial charge in [0.25, 0.3) is 6.71 Å². The average molecular weight is 917 g/mol. The summed E-state index contributed by atoms with van der Waals surface area (Å²) in [6.07, 6.45) is 2.11. The van der Waals surface area contributed by atoms with Gasteiger partial charge in [0.1, 0.15) is 18.2 Å². The van der Waals surface area contributed by atoms with Crippen molar-refractivity contribution in [2.45, 2.75) is 112 Å². The van der Waals surface area contributed by atoms with Gasteiger partial charge in [-0.1, -0.05) is 162 Å². The molecule has 9 aromatic rings. The van der Waals surface area contributed by atoms with Crippen molar-refractivity contribution in [3.8, 4) is 22.4 Å². The molecule has 0 spiro atoms. The highest BCUT2D eigenvalue weighted by Crippen LogP contribution is 2.49. The number of benzene rings is 7. The van der Waals surface area contributed by atoms with E-state index in [0.717, 1.165) is 55.7 Å². The maximum atomic E-state index is 7.29. The van der Waals surface area contributed by atoms with E-state index in [1.54, 1.807) is 0 Å². The monoisotopic (exact) mass is 917 g/mol. The molecule has 0 radical (unpaired) electrons. The Hall–Kier alpha value is -6.85. The number of hydrogen-bond acceptors (Lipinski definition) is 3. The smallest absolute Gasteiger partial charge is 0.252 e. The highest BCUT2D eigenvalue weighted by molar-refractivity contribution is 7.00. The standard InChI is InChI=1S/C65H67BN3O/c1-40-21-32-50-49-19-17-18-48(60(49)70-61(50)58(40)55-20-15-16-35-67(55)14)41-36-56-59-57(37-41)69(47-30-24-43(25-31-47)63(5,6)7)54-34-27-45(65(11,12)13)39-52(54)66(59)51-38-44(64(8,9)10)26-33-53(51)68(56)46-28-22-42(23-29-46)62(2,3)4/h15-39H,1-14H3/q+1. The number of nitrogens with zero attached hydrogens (tertiary/aromatic N) is 3. The van der Waals surface area contributed by atoms with Crippen LogP contribution in [0.2, 0.25) is 0 Å². The molecule has 5 heteroatoms. The van der Waals surface area contributed by atoms with E-state index < -0.39 is 0 Å². The molecule has 2 aliphatic heterocycles. The number of para-hydroxylation sites is 1. The van der Waals surface area contributed by atoms with Crippen LogP contribution in [0.25, 0.3) is 44.3 Å². The first-order chi connectivity index (χ1) is 33.1. The second-order valence-corrected chi connectivity index (χ2v) is 24.3. The second kappa shape index (κ2) is 15.8. The lowest BCUT2D eigenvalue weighted by molar-refractivity contribution is -0.660. The van der Waals surface area contributed by atoms with Gasteiger partial charge in [-0.2, -0.15) is 0 Å². The molecule has 0 saturated carbocycles. The summed E-state index contributed by atoms with van der Waals surface area (Å²) in [6, 6.07) is 55.8. The van der Waals surface area contributed by atoms with Gasteiger partial charge in [-0.25, -0.2) is 4.57 Å². The maximum Gasteiger partial charge on any atom is 0.252 e. The van der Waals surface area contributed by atoms with Crippen molar-refractivity contribution in [2.24, 2.45) is 7.05 Å². The van der Waals surface area contributed by atoms with Crippen LogP contribution < -0.4 is 30.8 Å². The molecule has 0 saturated heterocycles. The first-order valence-corrected chi connectivity index (χ1v) is 25.3. The van der Waals surface area contributed by atoms with Gasteiger partial charge >= 0.3 is 0 Å². The summed E-state index contributed by atoms with van der Waals surface area (Å²) in [5.74, 6) is 0. The van der Waals surface area contributed by atoms with E-state index in [0.29, 0.717) is 0 Å². The van der Waals surface area contributed by atoms with Gasteiger partial charge in [0, 0.05) is 62.6 Å². The zero-order valence-corrected chi connectivity index (χ0v) is 43.8. The van der Waals surface area contributed by atoms with E-state index in [2.05, 4.69) is 263 Å². The van der Waals surface area contributed by atoms with Crippen LogP contribution in [-0.2, 0) is 28.7 Å². The minimum absolute atomic E-state index is 0.0171. The fraction of sp³-hybridized carbons (Fsp3) is 0.277. The second-order valence-electron chi connectivity index (χ2n) is 24.3. The van der Waals surface area contributed by atoms with Gasteiger partial charge in [-0.15, -0.1) is 0 Å². The third-order valence-electron chi connectivity index (χ3n) is 15.3. The average Bonchev–Trinajstić information content (AvgIpc) is 3.69. The molecule has 0 N–H and O–H groups in total. The largest absolute Gasteiger partial charge is 0.454 e. The highest BCUT2D eigenvalue weighted by Gasteiger charge is 2.45. The Morgan fingerprint density at radius 1 is 0.457 bits per heavy atom. The molecule has 350 valence electrons. The number of hydrogen-bond donors (Lipinski definition) is 0. The number of aryl methyl sites for hydroxylation is 2. The fourth-order valence-electron chi connectivity index (χ4n) is 11.2. The molecule has 0 aliphatic carbocycles. The van der Waals surface area contributed by atoms with E-state index in [4.69, 9.17) is 4.42 Å². The predicted octanol–water partition coefficient (Wildman–Crippen LogP) is 15.3. The molecule has 2 aliphatic rings. The van der Waals surface area contributed by atoms with Gasteiger partial charge in [-0.05, 0) is 133 Å². The van der Waals surface area contributed by atoms with Crippen LogP contribution in [0.15, 0.2) is 156 Å². The predicted molar refractivity (Wildman–Crippen MR) is 299 cm³/mol. The van der Waals surface area contributed by atoms with Crippen molar-refractivity contribution in [3.63, 3.8) is 0 Å². The molecule has 2 aromatic heterocycles. The van der Waals surface area contributed by atoms with Crippen molar-refractivity contribution < 1.29 is 8.98 Å². The molecule has 0 unspecified atom stereocenters. The number of fused-ring (bicyclic) bond motifs is 7. The van der Waals surface area contributed by atoms with Crippen LogP contribution in [0.3, 0.4) is 0 Å². The zero-order chi connectivity index (χ0) is 49.4. The summed E-state index contributed by atoms with van der Waals surface area (Å²) in [5, 5.41) is 2.23. The number of rotatable bonds is 4. The van der Waals surface area contributed by atoms with Gasteiger partial charge in [0.05, 0.1) is 5.56 Å². The van der Waals surface area contributed by atoms with Gasteiger partial charge in [0.2, 0.25) is 5.69 Å². The van der Waals surface area contributed by atoms with E-state index in [-0.39, 0.29) is 28.4 Å². The van der Waals surface area contributed by atoms with Gasteiger partial charge in [-0.3, -0.25) is 0 Å². The lowest BCUT2D eigenvalue weighted by atomic mass is 9.33. The summed E-state index contributed by atoms with van der Waals surface area (Å²) in [4.78, 5) is 5.12. The quantitative estimate of drug-likeness (QED) is 0.130. The highest BCUT2D eigenvalue weighted by atomic mass is 16.3. The van der Waals surface area contributed by atoms with Crippen LogP contribution in [-0.4, -0.2) is 6.71 Å². The van der Waals surface area contributed by atoms with Crippen LogP contribution >= 0.6 is 0 Å². The topological polar surface area (TPSA) is 23.5 Å². The van der Waals surface area contributed by atoms with Gasteiger partial charge < -0.3 is 14.2 Å².